The molecule has 4 rings (SSSR count). The number of nitrogens with one attached hydrogen (secondary N) is 1. The van der Waals surface area contributed by atoms with Crippen LogP contribution in [0.2, 0.25) is 5.02 Å². The Bertz CT molecular complexity index is 1320. The molecule has 0 unspecified atom stereocenters. The zero-order chi connectivity index (χ0) is 23.0. The molecule has 0 saturated heterocycles. The highest BCUT2D eigenvalue weighted by atomic mass is 35.5. The number of anilines is 2. The van der Waals surface area contributed by atoms with Gasteiger partial charge in [0.2, 0.25) is 0 Å². The Morgan fingerprint density at radius 3 is 2.82 bits per heavy atom. The van der Waals surface area contributed by atoms with Crippen LogP contribution in [-0.2, 0) is 12.8 Å². The van der Waals surface area contributed by atoms with E-state index in [0.717, 1.165) is 40.9 Å². The Balaban J connectivity index is 1.62. The highest BCUT2D eigenvalue weighted by Gasteiger charge is 2.11. The van der Waals surface area contributed by atoms with Gasteiger partial charge in [0, 0.05) is 33.8 Å². The van der Waals surface area contributed by atoms with E-state index in [4.69, 9.17) is 21.9 Å². The van der Waals surface area contributed by atoms with Crippen LogP contribution in [0.5, 0.6) is 11.5 Å². The number of aromatic nitrogens is 2. The Morgan fingerprint density at radius 1 is 1.06 bits per heavy atom. The summed E-state index contributed by atoms with van der Waals surface area (Å²) >= 11 is 6.30. The molecule has 2 aromatic carbocycles. The van der Waals surface area contributed by atoms with Gasteiger partial charge in [-0.25, -0.2) is 9.97 Å². The van der Waals surface area contributed by atoms with Crippen molar-refractivity contribution in [2.24, 2.45) is 5.11 Å². The van der Waals surface area contributed by atoms with Gasteiger partial charge >= 0.3 is 0 Å². The summed E-state index contributed by atoms with van der Waals surface area (Å²) in [5.41, 5.74) is 12.8. The maximum absolute atomic E-state index is 8.48. The number of pyridine rings is 2. The quantitative estimate of drug-likeness (QED) is 0.158. The number of ether oxygens (including phenoxy) is 1. The maximum Gasteiger partial charge on any atom is 0.161 e. The maximum atomic E-state index is 8.48. The van der Waals surface area contributed by atoms with Crippen molar-refractivity contribution in [2.75, 3.05) is 11.9 Å². The molecule has 0 atom stereocenters. The first-order valence-corrected chi connectivity index (χ1v) is 11.1. The van der Waals surface area contributed by atoms with E-state index in [9.17, 15) is 0 Å². The number of nitrogens with zero attached hydrogens (tertiary/aromatic N) is 5. The van der Waals surface area contributed by atoms with Crippen molar-refractivity contribution in [3.8, 4) is 11.5 Å². The lowest BCUT2D eigenvalue weighted by atomic mass is 10.1. The molecule has 0 saturated carbocycles. The van der Waals surface area contributed by atoms with Crippen molar-refractivity contribution < 1.29 is 4.74 Å². The fourth-order valence-electron chi connectivity index (χ4n) is 3.52. The van der Waals surface area contributed by atoms with E-state index >= 15 is 0 Å². The van der Waals surface area contributed by atoms with Crippen LogP contribution in [-0.4, -0.2) is 16.5 Å². The fourth-order valence-corrected chi connectivity index (χ4v) is 3.69. The molecule has 0 radical (unpaired) electrons. The zero-order valence-electron chi connectivity index (χ0n) is 18.2. The third kappa shape index (κ3) is 5.71. The van der Waals surface area contributed by atoms with E-state index in [0.29, 0.717) is 35.1 Å². The number of fused-ring (bicyclic) bond motifs is 1. The van der Waals surface area contributed by atoms with E-state index in [2.05, 4.69) is 32.2 Å². The molecule has 8 heteroatoms. The lowest BCUT2D eigenvalue weighted by Gasteiger charge is -2.15. The summed E-state index contributed by atoms with van der Waals surface area (Å²) < 4.78 is 6.19. The topological polar surface area (TPSA) is 95.8 Å². The number of rotatable bonds is 9. The summed E-state index contributed by atoms with van der Waals surface area (Å²) in [7, 11) is 0. The highest BCUT2D eigenvalue weighted by Crippen LogP contribution is 2.35. The van der Waals surface area contributed by atoms with Crippen molar-refractivity contribution in [3.63, 3.8) is 0 Å². The van der Waals surface area contributed by atoms with E-state index in [-0.39, 0.29) is 0 Å². The van der Waals surface area contributed by atoms with Crippen molar-refractivity contribution in [2.45, 2.75) is 26.2 Å². The first-order chi connectivity index (χ1) is 16.2. The largest absolute Gasteiger partial charge is 0.455 e. The molecule has 1 N–H and O–H groups in total. The summed E-state index contributed by atoms with van der Waals surface area (Å²) in [6.07, 6.45) is 4.34. The lowest BCUT2D eigenvalue weighted by Crippen LogP contribution is -1.98. The van der Waals surface area contributed by atoms with Crippen LogP contribution >= 0.6 is 11.6 Å². The normalized spacial score (nSPS) is 10.6. The molecule has 0 spiro atoms. The molecular formula is C25H23ClN6O. The Labute approximate surface area is 197 Å². The van der Waals surface area contributed by atoms with Crippen LogP contribution in [0.25, 0.3) is 21.5 Å². The second kappa shape index (κ2) is 10.7. The number of benzene rings is 2. The molecule has 0 aliphatic carbocycles. The highest BCUT2D eigenvalue weighted by molar-refractivity contribution is 6.31. The molecule has 7 nitrogen and oxygen atoms in total. The van der Waals surface area contributed by atoms with Gasteiger partial charge in [-0.05, 0) is 72.5 Å². The van der Waals surface area contributed by atoms with Crippen LogP contribution in [0.15, 0.2) is 72.0 Å². The molecule has 166 valence electrons. The summed E-state index contributed by atoms with van der Waals surface area (Å²) in [4.78, 5) is 11.9. The Hall–Kier alpha value is -3.80. The van der Waals surface area contributed by atoms with Gasteiger partial charge in [-0.1, -0.05) is 42.2 Å². The molecule has 2 aromatic heterocycles. The van der Waals surface area contributed by atoms with Gasteiger partial charge in [-0.2, -0.15) is 0 Å². The number of halogens is 1. The molecular weight excluding hydrogens is 436 g/mol. The molecule has 0 bridgehead atoms. The van der Waals surface area contributed by atoms with Gasteiger partial charge < -0.3 is 10.1 Å². The second-order valence-electron chi connectivity index (χ2n) is 7.50. The van der Waals surface area contributed by atoms with Gasteiger partial charge in [0.1, 0.15) is 5.75 Å². The molecule has 0 aliphatic rings. The van der Waals surface area contributed by atoms with Crippen LogP contribution in [0, 0.1) is 0 Å². The average molecular weight is 459 g/mol. The van der Waals surface area contributed by atoms with E-state index < -0.39 is 0 Å². The molecule has 0 aliphatic heterocycles. The minimum absolute atomic E-state index is 0.400. The predicted molar refractivity (Wildman–Crippen MR) is 133 cm³/mol. The molecule has 33 heavy (non-hydrogen) atoms. The minimum Gasteiger partial charge on any atom is -0.455 e. The van der Waals surface area contributed by atoms with Gasteiger partial charge in [0.25, 0.3) is 0 Å². The first-order valence-electron chi connectivity index (χ1n) is 10.7. The van der Waals surface area contributed by atoms with Crippen molar-refractivity contribution >= 4 is 34.0 Å². The van der Waals surface area contributed by atoms with Gasteiger partial charge in [0.05, 0.1) is 11.4 Å². The van der Waals surface area contributed by atoms with Gasteiger partial charge in [0.15, 0.2) is 11.4 Å². The van der Waals surface area contributed by atoms with E-state index in [1.807, 2.05) is 54.6 Å². The monoisotopic (exact) mass is 458 g/mol. The summed E-state index contributed by atoms with van der Waals surface area (Å²) in [6, 6.07) is 19.1. The Kier molecular flexibility index (Phi) is 7.25. The molecule has 0 fully saturated rings. The van der Waals surface area contributed by atoms with Gasteiger partial charge in [-0.15, -0.1) is 0 Å². The standard InChI is InChI=1S/C25H23ClN6O/c1-2-4-19-8-9-21-22(12-13-28-25(21)30-19)31-23-16-18(26)7-10-24(23)33-20-6-3-5-17(15-20)11-14-29-32-27/h3,5-10,12-13,15-16H,2,4,11,14H2,1H3,(H,28,30,31). The SMILES string of the molecule is CCCc1ccc2c(Nc3cc(Cl)ccc3Oc3cccc(CCN=[N+]=[N-])c3)ccnc2n1. The second-order valence-corrected chi connectivity index (χ2v) is 7.94. The van der Waals surface area contributed by atoms with E-state index in [1.165, 1.54) is 0 Å². The minimum atomic E-state index is 0.400. The number of aryl methyl sites for hydroxylation is 1. The predicted octanol–water partition coefficient (Wildman–Crippen LogP) is 7.62. The number of hydrogen-bond acceptors (Lipinski definition) is 5. The molecule has 4 aromatic rings. The molecule has 2 heterocycles. The number of hydrogen-bond donors (Lipinski definition) is 1. The average Bonchev–Trinajstić information content (AvgIpc) is 2.82. The first kappa shape index (κ1) is 22.4. The summed E-state index contributed by atoms with van der Waals surface area (Å²) in [6.45, 7) is 2.53. The zero-order valence-corrected chi connectivity index (χ0v) is 19.0. The van der Waals surface area contributed by atoms with Crippen molar-refractivity contribution in [1.82, 2.24) is 9.97 Å². The van der Waals surface area contributed by atoms with Crippen LogP contribution < -0.4 is 10.1 Å². The third-order valence-corrected chi connectivity index (χ3v) is 5.30. The van der Waals surface area contributed by atoms with Crippen molar-refractivity contribution in [3.05, 3.63) is 93.6 Å². The van der Waals surface area contributed by atoms with Crippen LogP contribution in [0.3, 0.4) is 0 Å². The smallest absolute Gasteiger partial charge is 0.161 e. The van der Waals surface area contributed by atoms with Crippen LogP contribution in [0.1, 0.15) is 24.6 Å². The lowest BCUT2D eigenvalue weighted by molar-refractivity contribution is 0.484. The summed E-state index contributed by atoms with van der Waals surface area (Å²) in [5, 5.41) is 8.55. The van der Waals surface area contributed by atoms with E-state index in [1.54, 1.807) is 12.3 Å². The summed E-state index contributed by atoms with van der Waals surface area (Å²) in [5.74, 6) is 1.32. The number of azide groups is 1. The third-order valence-electron chi connectivity index (χ3n) is 5.07. The Morgan fingerprint density at radius 2 is 1.97 bits per heavy atom. The fraction of sp³-hybridized carbons (Fsp3) is 0.200. The molecule has 0 amide bonds. The van der Waals surface area contributed by atoms with Gasteiger partial charge in [-0.3, -0.25) is 0 Å². The van der Waals surface area contributed by atoms with Crippen LogP contribution in [0.4, 0.5) is 11.4 Å². The van der Waals surface area contributed by atoms with Crippen molar-refractivity contribution in [1.29, 1.82) is 0 Å².